The van der Waals surface area contributed by atoms with Crippen LogP contribution in [0.3, 0.4) is 0 Å². The monoisotopic (exact) mass is 281 g/mol. The van der Waals surface area contributed by atoms with E-state index in [4.69, 9.17) is 11.6 Å². The second-order valence-electron chi connectivity index (χ2n) is 5.52. The molecule has 0 amide bonds. The number of hydrogen-bond acceptors (Lipinski definition) is 3. The van der Waals surface area contributed by atoms with Gasteiger partial charge in [0.1, 0.15) is 0 Å². The largest absolute Gasteiger partial charge is 0.390 e. The third-order valence-corrected chi connectivity index (χ3v) is 3.97. The summed E-state index contributed by atoms with van der Waals surface area (Å²) in [6.45, 7) is 4.34. The van der Waals surface area contributed by atoms with E-state index in [0.717, 1.165) is 32.5 Å². The molecule has 0 aromatic heterocycles. The van der Waals surface area contributed by atoms with Crippen molar-refractivity contribution < 1.29 is 9.90 Å². The average molecular weight is 282 g/mol. The summed E-state index contributed by atoms with van der Waals surface area (Å²) in [6, 6.07) is 7.08. The first kappa shape index (κ1) is 14.5. The second kappa shape index (κ2) is 6.04. The number of carbonyl (C=O) groups is 1. The molecule has 0 spiro atoms. The van der Waals surface area contributed by atoms with Crippen molar-refractivity contribution in [1.29, 1.82) is 0 Å². The van der Waals surface area contributed by atoms with E-state index >= 15 is 0 Å². The third kappa shape index (κ3) is 4.30. The average Bonchev–Trinajstić information content (AvgIpc) is 2.37. The van der Waals surface area contributed by atoms with Gasteiger partial charge in [-0.25, -0.2) is 0 Å². The fraction of sp³-hybridized carbons (Fsp3) is 0.533. The summed E-state index contributed by atoms with van der Waals surface area (Å²) >= 11 is 5.88. The molecule has 3 nitrogen and oxygen atoms in total. The third-order valence-electron chi connectivity index (χ3n) is 3.73. The van der Waals surface area contributed by atoms with E-state index in [-0.39, 0.29) is 5.78 Å². The molecule has 4 heteroatoms. The van der Waals surface area contributed by atoms with Crippen LogP contribution in [0.1, 0.15) is 36.5 Å². The molecule has 1 aromatic rings. The van der Waals surface area contributed by atoms with Crippen molar-refractivity contribution in [2.45, 2.75) is 31.8 Å². The van der Waals surface area contributed by atoms with Crippen LogP contribution in [0.25, 0.3) is 0 Å². The minimum absolute atomic E-state index is 0.125. The normalized spacial score (nSPS) is 19.3. The van der Waals surface area contributed by atoms with E-state index in [2.05, 4.69) is 4.90 Å². The Morgan fingerprint density at radius 2 is 2.11 bits per heavy atom. The molecule has 0 radical (unpaired) electrons. The van der Waals surface area contributed by atoms with E-state index in [0.29, 0.717) is 17.0 Å². The van der Waals surface area contributed by atoms with Crippen LogP contribution in [-0.4, -0.2) is 41.0 Å². The molecule has 104 valence electrons. The number of hydrogen-bond donors (Lipinski definition) is 1. The summed E-state index contributed by atoms with van der Waals surface area (Å²) in [7, 11) is 0. The molecular weight excluding hydrogens is 262 g/mol. The molecule has 2 rings (SSSR count). The van der Waals surface area contributed by atoms with Crippen LogP contribution in [-0.2, 0) is 0 Å². The minimum atomic E-state index is -0.534. The van der Waals surface area contributed by atoms with Crippen LogP contribution < -0.4 is 0 Å². The lowest BCUT2D eigenvalue weighted by atomic mass is 9.93. The van der Waals surface area contributed by atoms with Crippen molar-refractivity contribution in [2.24, 2.45) is 0 Å². The van der Waals surface area contributed by atoms with E-state index in [1.807, 2.05) is 6.92 Å². The molecular formula is C15H20ClNO2. The lowest BCUT2D eigenvalue weighted by molar-refractivity contribution is -0.00506. The molecule has 1 aliphatic heterocycles. The van der Waals surface area contributed by atoms with Crippen LogP contribution in [0.2, 0.25) is 5.02 Å². The molecule has 1 aliphatic rings. The fourth-order valence-corrected chi connectivity index (χ4v) is 2.51. The number of piperidine rings is 1. The highest BCUT2D eigenvalue weighted by atomic mass is 35.5. The summed E-state index contributed by atoms with van der Waals surface area (Å²) in [5, 5.41) is 10.5. The van der Waals surface area contributed by atoms with Crippen molar-refractivity contribution in [3.63, 3.8) is 0 Å². The molecule has 1 saturated heterocycles. The summed E-state index contributed by atoms with van der Waals surface area (Å²) in [6.07, 6.45) is 2.05. The summed E-state index contributed by atoms with van der Waals surface area (Å²) in [4.78, 5) is 14.3. The molecule has 1 aromatic carbocycles. The molecule has 0 atom stereocenters. The van der Waals surface area contributed by atoms with Gasteiger partial charge in [-0.05, 0) is 31.9 Å². The summed E-state index contributed by atoms with van der Waals surface area (Å²) < 4.78 is 0. The van der Waals surface area contributed by atoms with Gasteiger partial charge in [-0.15, -0.1) is 0 Å². The number of likely N-dealkylation sites (tertiary alicyclic amines) is 1. The number of halogens is 1. The lowest BCUT2D eigenvalue weighted by Crippen LogP contribution is -2.43. The summed E-state index contributed by atoms with van der Waals surface area (Å²) in [5.41, 5.74) is 0.143. The first-order chi connectivity index (χ1) is 8.96. The van der Waals surface area contributed by atoms with Crippen molar-refractivity contribution in [1.82, 2.24) is 4.90 Å². The Morgan fingerprint density at radius 1 is 1.42 bits per heavy atom. The van der Waals surface area contributed by atoms with Crippen molar-refractivity contribution in [3.8, 4) is 0 Å². The van der Waals surface area contributed by atoms with Crippen molar-refractivity contribution in [3.05, 3.63) is 34.9 Å². The number of carbonyl (C=O) groups excluding carboxylic acids is 1. The zero-order valence-electron chi connectivity index (χ0n) is 11.2. The van der Waals surface area contributed by atoms with E-state index < -0.39 is 5.60 Å². The van der Waals surface area contributed by atoms with Crippen LogP contribution in [0.15, 0.2) is 24.3 Å². The quantitative estimate of drug-likeness (QED) is 0.863. The van der Waals surface area contributed by atoms with Gasteiger partial charge in [0.05, 0.1) is 5.60 Å². The zero-order chi connectivity index (χ0) is 13.9. The number of ketones is 1. The molecule has 0 unspecified atom stereocenters. The van der Waals surface area contributed by atoms with Gasteiger partial charge in [0.15, 0.2) is 5.78 Å². The van der Waals surface area contributed by atoms with Gasteiger partial charge in [0, 0.05) is 36.6 Å². The number of aliphatic hydroxyl groups is 1. The number of Topliss-reactive ketones (excluding diaryl/α,β-unsaturated/α-hetero) is 1. The maximum Gasteiger partial charge on any atom is 0.164 e. The number of rotatable bonds is 4. The van der Waals surface area contributed by atoms with Crippen LogP contribution >= 0.6 is 11.6 Å². The molecule has 0 bridgehead atoms. The van der Waals surface area contributed by atoms with Crippen molar-refractivity contribution in [2.75, 3.05) is 19.6 Å². The predicted molar refractivity (Wildman–Crippen MR) is 76.7 cm³/mol. The molecule has 0 aliphatic carbocycles. The maximum atomic E-state index is 12.0. The highest BCUT2D eigenvalue weighted by Gasteiger charge is 2.27. The van der Waals surface area contributed by atoms with Gasteiger partial charge < -0.3 is 10.0 Å². The Balaban J connectivity index is 1.81. The molecule has 1 fully saturated rings. The van der Waals surface area contributed by atoms with Gasteiger partial charge in [0.2, 0.25) is 0 Å². The predicted octanol–water partition coefficient (Wildman–Crippen LogP) is 2.76. The maximum absolute atomic E-state index is 12.0. The smallest absolute Gasteiger partial charge is 0.164 e. The first-order valence-corrected chi connectivity index (χ1v) is 7.08. The Bertz CT molecular complexity index is 449. The topological polar surface area (TPSA) is 40.5 Å². The highest BCUT2D eigenvalue weighted by molar-refractivity contribution is 6.31. The highest BCUT2D eigenvalue weighted by Crippen LogP contribution is 2.21. The Labute approximate surface area is 119 Å². The van der Waals surface area contributed by atoms with E-state index in [1.54, 1.807) is 24.3 Å². The van der Waals surface area contributed by atoms with Gasteiger partial charge in [-0.3, -0.25) is 4.79 Å². The summed E-state index contributed by atoms with van der Waals surface area (Å²) in [5.74, 6) is 0.125. The first-order valence-electron chi connectivity index (χ1n) is 6.70. The second-order valence-corrected chi connectivity index (χ2v) is 5.96. The standard InChI is InChI=1S/C15H20ClNO2/c1-15(19)6-9-17(10-7-15)8-5-14(18)12-3-2-4-13(16)11-12/h2-4,11,19H,5-10H2,1H3. The Kier molecular flexibility index (Phi) is 4.61. The number of benzene rings is 1. The van der Waals surface area contributed by atoms with Crippen LogP contribution in [0, 0.1) is 0 Å². The van der Waals surface area contributed by atoms with Crippen molar-refractivity contribution >= 4 is 17.4 Å². The molecule has 1 heterocycles. The molecule has 19 heavy (non-hydrogen) atoms. The lowest BCUT2D eigenvalue weighted by Gasteiger charge is -2.35. The number of nitrogens with zero attached hydrogens (tertiary/aromatic N) is 1. The van der Waals surface area contributed by atoms with Gasteiger partial charge >= 0.3 is 0 Å². The van der Waals surface area contributed by atoms with Crippen LogP contribution in [0.5, 0.6) is 0 Å². The Hall–Kier alpha value is -0.900. The van der Waals surface area contributed by atoms with Gasteiger partial charge in [-0.2, -0.15) is 0 Å². The van der Waals surface area contributed by atoms with Crippen LogP contribution in [0.4, 0.5) is 0 Å². The minimum Gasteiger partial charge on any atom is -0.390 e. The van der Waals surface area contributed by atoms with E-state index in [1.165, 1.54) is 0 Å². The molecule has 0 saturated carbocycles. The molecule has 1 N–H and O–H groups in total. The van der Waals surface area contributed by atoms with Gasteiger partial charge in [-0.1, -0.05) is 23.7 Å². The van der Waals surface area contributed by atoms with Gasteiger partial charge in [0.25, 0.3) is 0 Å². The fourth-order valence-electron chi connectivity index (χ4n) is 2.32. The van der Waals surface area contributed by atoms with E-state index in [9.17, 15) is 9.90 Å². The SMILES string of the molecule is CC1(O)CCN(CCC(=O)c2cccc(Cl)c2)CC1. The Morgan fingerprint density at radius 3 is 2.74 bits per heavy atom. The zero-order valence-corrected chi connectivity index (χ0v) is 12.0.